The number of nitrogens with zero attached hydrogens (tertiary/aromatic N) is 3. The molecule has 1 saturated heterocycles. The van der Waals surface area contributed by atoms with Gasteiger partial charge >= 0.3 is 5.97 Å². The molecule has 8 nitrogen and oxygen atoms in total. The number of oxazole rings is 1. The lowest BCUT2D eigenvalue weighted by Crippen LogP contribution is -2.43. The van der Waals surface area contributed by atoms with Crippen LogP contribution in [0.1, 0.15) is 69.4 Å². The summed E-state index contributed by atoms with van der Waals surface area (Å²) < 4.78 is 16.4. The van der Waals surface area contributed by atoms with E-state index in [2.05, 4.69) is 42.8 Å². The molecule has 3 rings (SSSR count). The molecule has 35 heavy (non-hydrogen) atoms. The van der Waals surface area contributed by atoms with Crippen LogP contribution in [-0.2, 0) is 22.6 Å². The highest BCUT2D eigenvalue weighted by molar-refractivity contribution is 5.92. The van der Waals surface area contributed by atoms with Gasteiger partial charge in [0, 0.05) is 25.7 Å². The number of piperidine rings is 1. The van der Waals surface area contributed by atoms with Crippen LogP contribution in [0.4, 0.5) is 0 Å². The SMILES string of the molecule is CCOC(=O)[C@H]1CCCN(C(=O)c2coc(CN(Cc3ccc(OCC)cc3)[C@@H](C)C(C)C)n2)C1. The van der Waals surface area contributed by atoms with Crippen molar-refractivity contribution in [2.75, 3.05) is 26.3 Å². The van der Waals surface area contributed by atoms with Crippen LogP contribution in [0.15, 0.2) is 34.9 Å². The van der Waals surface area contributed by atoms with Gasteiger partial charge in [-0.15, -0.1) is 0 Å². The molecular weight excluding hydrogens is 446 g/mol. The van der Waals surface area contributed by atoms with Gasteiger partial charge in [-0.1, -0.05) is 26.0 Å². The van der Waals surface area contributed by atoms with Crippen LogP contribution in [0, 0.1) is 11.8 Å². The van der Waals surface area contributed by atoms with E-state index in [0.717, 1.165) is 25.1 Å². The molecule has 1 aromatic heterocycles. The maximum atomic E-state index is 13.1. The van der Waals surface area contributed by atoms with E-state index in [9.17, 15) is 9.59 Å². The van der Waals surface area contributed by atoms with E-state index in [1.165, 1.54) is 11.8 Å². The van der Waals surface area contributed by atoms with Crippen molar-refractivity contribution in [3.05, 3.63) is 47.7 Å². The number of aromatic nitrogens is 1. The lowest BCUT2D eigenvalue weighted by Gasteiger charge is -2.31. The third-order valence-electron chi connectivity index (χ3n) is 6.60. The Labute approximate surface area is 208 Å². The molecular formula is C27H39N3O5. The average Bonchev–Trinajstić information content (AvgIpc) is 3.32. The number of carbonyl (C=O) groups excluding carboxylic acids is 2. The van der Waals surface area contributed by atoms with Crippen LogP contribution in [0.25, 0.3) is 0 Å². The van der Waals surface area contributed by atoms with Crippen LogP contribution in [0.3, 0.4) is 0 Å². The van der Waals surface area contributed by atoms with Crippen LogP contribution in [0.2, 0.25) is 0 Å². The fourth-order valence-electron chi connectivity index (χ4n) is 4.29. The molecule has 0 spiro atoms. The first-order chi connectivity index (χ1) is 16.8. The Morgan fingerprint density at radius 3 is 2.54 bits per heavy atom. The van der Waals surface area contributed by atoms with Crippen molar-refractivity contribution >= 4 is 11.9 Å². The van der Waals surface area contributed by atoms with Crippen molar-refractivity contribution < 1.29 is 23.5 Å². The van der Waals surface area contributed by atoms with Crippen LogP contribution in [-0.4, -0.2) is 59.0 Å². The second-order valence-electron chi connectivity index (χ2n) is 9.44. The summed E-state index contributed by atoms with van der Waals surface area (Å²) in [5.74, 6) is 1.07. The number of likely N-dealkylation sites (tertiary alicyclic amines) is 1. The average molecular weight is 486 g/mol. The van der Waals surface area contributed by atoms with Gasteiger partial charge < -0.3 is 18.8 Å². The molecule has 192 valence electrons. The third kappa shape index (κ3) is 7.31. The predicted octanol–water partition coefficient (Wildman–Crippen LogP) is 4.54. The highest BCUT2D eigenvalue weighted by Gasteiger charge is 2.31. The summed E-state index contributed by atoms with van der Waals surface area (Å²) in [6.07, 6.45) is 2.93. The molecule has 0 aliphatic carbocycles. The molecule has 2 heterocycles. The zero-order valence-electron chi connectivity index (χ0n) is 21.7. The summed E-state index contributed by atoms with van der Waals surface area (Å²) in [5.41, 5.74) is 1.45. The molecule has 2 atom stereocenters. The zero-order valence-corrected chi connectivity index (χ0v) is 21.7. The topological polar surface area (TPSA) is 85.1 Å². The smallest absolute Gasteiger partial charge is 0.310 e. The molecule has 1 fully saturated rings. The van der Waals surface area contributed by atoms with Crippen LogP contribution < -0.4 is 4.74 Å². The summed E-state index contributed by atoms with van der Waals surface area (Å²) in [6, 6.07) is 8.40. The Bertz CT molecular complexity index is 956. The van der Waals surface area contributed by atoms with E-state index in [1.54, 1.807) is 11.8 Å². The highest BCUT2D eigenvalue weighted by Crippen LogP contribution is 2.22. The van der Waals surface area contributed by atoms with Crippen molar-refractivity contribution in [1.29, 1.82) is 0 Å². The number of esters is 1. The van der Waals surface area contributed by atoms with Crippen LogP contribution >= 0.6 is 0 Å². The summed E-state index contributed by atoms with van der Waals surface area (Å²) in [6.45, 7) is 13.5. The second-order valence-corrected chi connectivity index (χ2v) is 9.44. The minimum absolute atomic E-state index is 0.205. The summed E-state index contributed by atoms with van der Waals surface area (Å²) >= 11 is 0. The van der Waals surface area contributed by atoms with E-state index < -0.39 is 0 Å². The van der Waals surface area contributed by atoms with Gasteiger partial charge in [0.15, 0.2) is 5.69 Å². The van der Waals surface area contributed by atoms with E-state index in [-0.39, 0.29) is 29.5 Å². The van der Waals surface area contributed by atoms with Gasteiger partial charge in [-0.2, -0.15) is 0 Å². The normalized spacial score (nSPS) is 17.0. The van der Waals surface area contributed by atoms with E-state index >= 15 is 0 Å². The van der Waals surface area contributed by atoms with E-state index in [0.29, 0.717) is 44.7 Å². The molecule has 0 saturated carbocycles. The van der Waals surface area contributed by atoms with Crippen molar-refractivity contribution in [2.45, 2.75) is 66.6 Å². The first-order valence-corrected chi connectivity index (χ1v) is 12.7. The zero-order chi connectivity index (χ0) is 25.4. The van der Waals surface area contributed by atoms with E-state index in [1.807, 2.05) is 19.1 Å². The summed E-state index contributed by atoms with van der Waals surface area (Å²) in [7, 11) is 0. The number of hydrogen-bond acceptors (Lipinski definition) is 7. The Morgan fingerprint density at radius 1 is 1.14 bits per heavy atom. The fraction of sp³-hybridized carbons (Fsp3) is 0.593. The van der Waals surface area contributed by atoms with Crippen molar-refractivity contribution in [1.82, 2.24) is 14.8 Å². The number of rotatable bonds is 11. The maximum absolute atomic E-state index is 13.1. The highest BCUT2D eigenvalue weighted by atomic mass is 16.5. The quantitative estimate of drug-likeness (QED) is 0.432. The Balaban J connectivity index is 1.67. The lowest BCUT2D eigenvalue weighted by atomic mass is 9.98. The van der Waals surface area contributed by atoms with Crippen molar-refractivity contribution in [3.8, 4) is 5.75 Å². The van der Waals surface area contributed by atoms with Crippen LogP contribution in [0.5, 0.6) is 5.75 Å². The largest absolute Gasteiger partial charge is 0.494 e. The number of ether oxygens (including phenoxy) is 2. The first kappa shape index (κ1) is 26.7. The van der Waals surface area contributed by atoms with Gasteiger partial charge in [0.05, 0.1) is 25.7 Å². The molecule has 0 bridgehead atoms. The Kier molecular flexibility index (Phi) is 9.72. The van der Waals surface area contributed by atoms with Gasteiger partial charge in [0.1, 0.15) is 12.0 Å². The Hall–Kier alpha value is -2.87. The van der Waals surface area contributed by atoms with Crippen molar-refractivity contribution in [2.24, 2.45) is 11.8 Å². The monoisotopic (exact) mass is 485 g/mol. The minimum Gasteiger partial charge on any atom is -0.494 e. The first-order valence-electron chi connectivity index (χ1n) is 12.7. The van der Waals surface area contributed by atoms with Gasteiger partial charge in [-0.05, 0) is 57.2 Å². The predicted molar refractivity (Wildman–Crippen MR) is 133 cm³/mol. The van der Waals surface area contributed by atoms with Gasteiger partial charge in [0.25, 0.3) is 5.91 Å². The van der Waals surface area contributed by atoms with Gasteiger partial charge in [-0.25, -0.2) is 4.98 Å². The molecule has 1 aliphatic heterocycles. The minimum atomic E-state index is -0.282. The lowest BCUT2D eigenvalue weighted by molar-refractivity contribution is -0.149. The third-order valence-corrected chi connectivity index (χ3v) is 6.60. The van der Waals surface area contributed by atoms with Crippen molar-refractivity contribution in [3.63, 3.8) is 0 Å². The standard InChI is InChI=1S/C27H39N3O5/c1-6-33-23-12-10-21(11-13-23)15-30(20(5)19(3)4)17-25-28-24(18-35-25)26(31)29-14-8-9-22(16-29)27(32)34-7-2/h10-13,18-20,22H,6-9,14-17H2,1-5H3/t20-,22-/m0/s1. The number of carbonyl (C=O) groups is 2. The molecule has 1 amide bonds. The number of amides is 1. The second kappa shape index (κ2) is 12.7. The van der Waals surface area contributed by atoms with Gasteiger partial charge in [0.2, 0.25) is 5.89 Å². The Morgan fingerprint density at radius 2 is 1.89 bits per heavy atom. The number of benzene rings is 1. The maximum Gasteiger partial charge on any atom is 0.310 e. The molecule has 1 aliphatic rings. The molecule has 0 radical (unpaired) electrons. The number of hydrogen-bond donors (Lipinski definition) is 0. The van der Waals surface area contributed by atoms with E-state index in [4.69, 9.17) is 13.9 Å². The molecule has 1 aromatic carbocycles. The summed E-state index contributed by atoms with van der Waals surface area (Å²) in [4.78, 5) is 33.7. The molecule has 2 aromatic rings. The fourth-order valence-corrected chi connectivity index (χ4v) is 4.29. The summed E-state index contributed by atoms with van der Waals surface area (Å²) in [5, 5.41) is 0. The molecule has 8 heteroatoms. The van der Waals surface area contributed by atoms with Gasteiger partial charge in [-0.3, -0.25) is 14.5 Å². The molecule has 0 N–H and O–H groups in total. The molecule has 0 unspecified atom stereocenters.